The molecule has 0 aliphatic carbocycles. The topological polar surface area (TPSA) is 12.0 Å². The SMILES string of the molecule is CNC(c1cccc(Br)c1C)c1c(F)cccc1F. The third kappa shape index (κ3) is 2.69. The number of nitrogens with one attached hydrogen (secondary N) is 1. The Morgan fingerprint density at radius 1 is 1.05 bits per heavy atom. The van der Waals surface area contributed by atoms with Gasteiger partial charge in [-0.05, 0) is 43.3 Å². The lowest BCUT2D eigenvalue weighted by molar-refractivity contribution is 0.521. The van der Waals surface area contributed by atoms with Gasteiger partial charge in [-0.3, -0.25) is 0 Å². The van der Waals surface area contributed by atoms with Crippen LogP contribution >= 0.6 is 15.9 Å². The van der Waals surface area contributed by atoms with Gasteiger partial charge in [0.2, 0.25) is 0 Å². The van der Waals surface area contributed by atoms with Crippen LogP contribution in [-0.4, -0.2) is 7.05 Å². The molecular weight excluding hydrogens is 312 g/mol. The number of hydrogen-bond acceptors (Lipinski definition) is 1. The minimum atomic E-state index is -0.543. The Bertz CT molecular complexity index is 578. The monoisotopic (exact) mass is 325 g/mol. The van der Waals surface area contributed by atoms with Gasteiger partial charge < -0.3 is 5.32 Å². The van der Waals surface area contributed by atoms with Crippen molar-refractivity contribution in [1.82, 2.24) is 5.32 Å². The van der Waals surface area contributed by atoms with E-state index < -0.39 is 17.7 Å². The van der Waals surface area contributed by atoms with Gasteiger partial charge in [-0.1, -0.05) is 34.1 Å². The number of rotatable bonds is 3. The second-order valence-corrected chi connectivity index (χ2v) is 5.17. The molecule has 0 saturated carbocycles. The van der Waals surface area contributed by atoms with Gasteiger partial charge in [0.15, 0.2) is 0 Å². The first-order valence-corrected chi connectivity index (χ1v) is 6.71. The van der Waals surface area contributed by atoms with Crippen LogP contribution in [0.1, 0.15) is 22.7 Å². The van der Waals surface area contributed by atoms with E-state index in [9.17, 15) is 8.78 Å². The van der Waals surface area contributed by atoms with Gasteiger partial charge in [-0.2, -0.15) is 0 Å². The second-order valence-electron chi connectivity index (χ2n) is 4.31. The quantitative estimate of drug-likeness (QED) is 0.884. The molecule has 1 unspecified atom stereocenters. The van der Waals surface area contributed by atoms with Crippen LogP contribution in [0.25, 0.3) is 0 Å². The van der Waals surface area contributed by atoms with Crippen molar-refractivity contribution >= 4 is 15.9 Å². The minimum Gasteiger partial charge on any atom is -0.309 e. The zero-order valence-corrected chi connectivity index (χ0v) is 12.3. The maximum atomic E-state index is 13.9. The fourth-order valence-corrected chi connectivity index (χ4v) is 2.56. The Hall–Kier alpha value is -1.26. The summed E-state index contributed by atoms with van der Waals surface area (Å²) in [5.74, 6) is -1.09. The van der Waals surface area contributed by atoms with Crippen LogP contribution in [0.3, 0.4) is 0 Å². The van der Waals surface area contributed by atoms with Crippen LogP contribution in [0.5, 0.6) is 0 Å². The van der Waals surface area contributed by atoms with Gasteiger partial charge >= 0.3 is 0 Å². The van der Waals surface area contributed by atoms with Crippen LogP contribution < -0.4 is 5.32 Å². The minimum absolute atomic E-state index is 0.0474. The summed E-state index contributed by atoms with van der Waals surface area (Å²) in [6, 6.07) is 9.03. The van der Waals surface area contributed by atoms with Crippen molar-refractivity contribution in [2.45, 2.75) is 13.0 Å². The van der Waals surface area contributed by atoms with E-state index in [1.807, 2.05) is 25.1 Å². The average molecular weight is 326 g/mol. The Labute approximate surface area is 119 Å². The molecular formula is C15H14BrF2N. The van der Waals surface area contributed by atoms with Gasteiger partial charge in [-0.25, -0.2) is 8.78 Å². The number of benzene rings is 2. The van der Waals surface area contributed by atoms with Crippen molar-refractivity contribution < 1.29 is 8.78 Å². The van der Waals surface area contributed by atoms with Crippen LogP contribution in [0.15, 0.2) is 40.9 Å². The molecule has 0 fully saturated rings. The first-order valence-electron chi connectivity index (χ1n) is 5.92. The second kappa shape index (κ2) is 5.80. The molecule has 19 heavy (non-hydrogen) atoms. The molecule has 2 aromatic carbocycles. The first-order chi connectivity index (χ1) is 9.06. The van der Waals surface area contributed by atoms with E-state index in [1.54, 1.807) is 7.05 Å². The molecule has 0 heterocycles. The van der Waals surface area contributed by atoms with Crippen molar-refractivity contribution in [3.8, 4) is 0 Å². The predicted molar refractivity (Wildman–Crippen MR) is 76.1 cm³/mol. The van der Waals surface area contributed by atoms with Gasteiger partial charge in [-0.15, -0.1) is 0 Å². The standard InChI is InChI=1S/C15H14BrF2N/c1-9-10(5-3-6-11(9)16)15(19-2)14-12(17)7-4-8-13(14)18/h3-8,15,19H,1-2H3. The van der Waals surface area contributed by atoms with Gasteiger partial charge in [0.25, 0.3) is 0 Å². The summed E-state index contributed by atoms with van der Waals surface area (Å²) in [5.41, 5.74) is 1.86. The largest absolute Gasteiger partial charge is 0.309 e. The Balaban J connectivity index is 2.60. The third-order valence-electron chi connectivity index (χ3n) is 3.20. The molecule has 1 N–H and O–H groups in total. The molecule has 0 radical (unpaired) electrons. The van der Waals surface area contributed by atoms with E-state index in [-0.39, 0.29) is 5.56 Å². The molecule has 100 valence electrons. The molecule has 4 heteroatoms. The maximum absolute atomic E-state index is 13.9. The summed E-state index contributed by atoms with van der Waals surface area (Å²) in [5, 5.41) is 2.98. The summed E-state index contributed by atoms with van der Waals surface area (Å²) in [6.07, 6.45) is 0. The first kappa shape index (κ1) is 14.2. The van der Waals surface area contributed by atoms with Crippen LogP contribution in [0.2, 0.25) is 0 Å². The molecule has 2 rings (SSSR count). The summed E-state index contributed by atoms with van der Waals surface area (Å²) in [7, 11) is 1.69. The highest BCUT2D eigenvalue weighted by Gasteiger charge is 2.22. The van der Waals surface area contributed by atoms with Crippen molar-refractivity contribution in [2.75, 3.05) is 7.05 Å². The molecule has 0 aliphatic rings. The molecule has 0 aliphatic heterocycles. The lowest BCUT2D eigenvalue weighted by Crippen LogP contribution is -2.21. The zero-order valence-electron chi connectivity index (χ0n) is 10.7. The Kier molecular flexibility index (Phi) is 4.32. The molecule has 1 atom stereocenters. The Morgan fingerprint density at radius 3 is 2.21 bits per heavy atom. The van der Waals surface area contributed by atoms with Crippen molar-refractivity contribution in [3.05, 3.63) is 69.2 Å². The highest BCUT2D eigenvalue weighted by atomic mass is 79.9. The smallest absolute Gasteiger partial charge is 0.131 e. The summed E-state index contributed by atoms with van der Waals surface area (Å²) < 4.78 is 28.7. The van der Waals surface area contributed by atoms with Crippen LogP contribution in [0.4, 0.5) is 8.78 Å². The molecule has 0 amide bonds. The molecule has 0 bridgehead atoms. The summed E-state index contributed by atoms with van der Waals surface area (Å²) >= 11 is 3.44. The molecule has 2 aromatic rings. The maximum Gasteiger partial charge on any atom is 0.131 e. The molecule has 0 saturated heterocycles. The molecule has 0 spiro atoms. The highest BCUT2D eigenvalue weighted by molar-refractivity contribution is 9.10. The molecule has 1 nitrogen and oxygen atoms in total. The van der Waals surface area contributed by atoms with Crippen molar-refractivity contribution in [2.24, 2.45) is 0 Å². The molecule has 0 aromatic heterocycles. The summed E-state index contributed by atoms with van der Waals surface area (Å²) in [4.78, 5) is 0. The van der Waals surface area contributed by atoms with E-state index in [0.29, 0.717) is 0 Å². The van der Waals surface area contributed by atoms with Crippen molar-refractivity contribution in [3.63, 3.8) is 0 Å². The van der Waals surface area contributed by atoms with E-state index in [2.05, 4.69) is 21.2 Å². The lowest BCUT2D eigenvalue weighted by Gasteiger charge is -2.21. The van der Waals surface area contributed by atoms with E-state index in [0.717, 1.165) is 15.6 Å². The van der Waals surface area contributed by atoms with E-state index in [1.165, 1.54) is 18.2 Å². The van der Waals surface area contributed by atoms with E-state index in [4.69, 9.17) is 0 Å². The van der Waals surface area contributed by atoms with Crippen LogP contribution in [-0.2, 0) is 0 Å². The predicted octanol–water partition coefficient (Wildman–Crippen LogP) is 4.34. The fraction of sp³-hybridized carbons (Fsp3) is 0.200. The van der Waals surface area contributed by atoms with Gasteiger partial charge in [0, 0.05) is 10.0 Å². The summed E-state index contributed by atoms with van der Waals surface area (Å²) in [6.45, 7) is 1.92. The number of halogens is 3. The normalized spacial score (nSPS) is 12.5. The highest BCUT2D eigenvalue weighted by Crippen LogP contribution is 2.31. The van der Waals surface area contributed by atoms with Crippen LogP contribution in [0, 0.1) is 18.6 Å². The third-order valence-corrected chi connectivity index (χ3v) is 4.06. The fourth-order valence-electron chi connectivity index (χ4n) is 2.18. The van der Waals surface area contributed by atoms with Crippen molar-refractivity contribution in [1.29, 1.82) is 0 Å². The van der Waals surface area contributed by atoms with Gasteiger partial charge in [0.1, 0.15) is 11.6 Å². The lowest BCUT2D eigenvalue weighted by atomic mass is 9.94. The zero-order chi connectivity index (χ0) is 14.0. The average Bonchev–Trinajstić information content (AvgIpc) is 2.38. The van der Waals surface area contributed by atoms with E-state index >= 15 is 0 Å². The Morgan fingerprint density at radius 2 is 1.63 bits per heavy atom. The number of hydrogen-bond donors (Lipinski definition) is 1. The van der Waals surface area contributed by atoms with Gasteiger partial charge in [0.05, 0.1) is 6.04 Å².